The first-order chi connectivity index (χ1) is 16.7. The molecule has 0 bridgehead atoms. The molecule has 3 aromatic rings. The number of benzene rings is 2. The van der Waals surface area contributed by atoms with Crippen LogP contribution in [-0.4, -0.2) is 57.9 Å². The van der Waals surface area contributed by atoms with Gasteiger partial charge in [0, 0.05) is 42.0 Å². The Balaban J connectivity index is 1.23. The van der Waals surface area contributed by atoms with Gasteiger partial charge in [0.1, 0.15) is 12.1 Å². The van der Waals surface area contributed by atoms with Gasteiger partial charge in [-0.3, -0.25) is 4.79 Å². The number of carbonyl (C=O) groups is 1. The molecule has 2 fully saturated rings. The Hall–Kier alpha value is -3.25. The lowest BCUT2D eigenvalue weighted by molar-refractivity contribution is 0.0590. The second-order valence-electron chi connectivity index (χ2n) is 9.48. The monoisotopic (exact) mass is 455 g/mol. The summed E-state index contributed by atoms with van der Waals surface area (Å²) in [6, 6.07) is 18.6. The van der Waals surface area contributed by atoms with Crippen LogP contribution in [0.3, 0.4) is 0 Å². The van der Waals surface area contributed by atoms with Gasteiger partial charge in [0.05, 0.1) is 5.69 Å². The van der Waals surface area contributed by atoms with Gasteiger partial charge >= 0.3 is 0 Å². The van der Waals surface area contributed by atoms with Crippen molar-refractivity contribution >= 4 is 17.4 Å². The summed E-state index contributed by atoms with van der Waals surface area (Å²) in [5, 5.41) is 3.35. The van der Waals surface area contributed by atoms with Gasteiger partial charge < -0.3 is 15.1 Å². The molecule has 176 valence electrons. The Morgan fingerprint density at radius 1 is 0.912 bits per heavy atom. The maximum Gasteiger partial charge on any atom is 0.253 e. The average Bonchev–Trinajstić information content (AvgIpc) is 2.90. The summed E-state index contributed by atoms with van der Waals surface area (Å²) in [5.74, 6) is 0.821. The minimum atomic E-state index is 0.115. The quantitative estimate of drug-likeness (QED) is 0.567. The summed E-state index contributed by atoms with van der Waals surface area (Å²) < 4.78 is 0. The van der Waals surface area contributed by atoms with E-state index in [1.807, 2.05) is 35.2 Å². The molecule has 0 radical (unpaired) electrons. The number of piperidine rings is 2. The maximum atomic E-state index is 13.2. The molecule has 2 aromatic carbocycles. The van der Waals surface area contributed by atoms with Crippen LogP contribution in [0, 0.1) is 6.92 Å². The van der Waals surface area contributed by atoms with Crippen LogP contribution in [0.2, 0.25) is 0 Å². The Morgan fingerprint density at radius 3 is 2.44 bits per heavy atom. The fraction of sp³-hybridized carbons (Fsp3) is 0.393. The van der Waals surface area contributed by atoms with E-state index in [1.54, 1.807) is 6.33 Å². The highest BCUT2D eigenvalue weighted by Crippen LogP contribution is 2.24. The molecule has 0 atom stereocenters. The van der Waals surface area contributed by atoms with Crippen molar-refractivity contribution in [1.29, 1.82) is 0 Å². The van der Waals surface area contributed by atoms with Gasteiger partial charge in [0.25, 0.3) is 5.91 Å². The third-order valence-corrected chi connectivity index (χ3v) is 7.06. The fourth-order valence-corrected chi connectivity index (χ4v) is 5.09. The number of nitrogens with zero attached hydrogens (tertiary/aromatic N) is 4. The SMILES string of the molecule is Cc1ccc(-c2cc(Nc3cccc(C(=O)N4CCC(N5CCCCC5)CC4)c3)ncn2)cc1. The number of hydrogen-bond acceptors (Lipinski definition) is 5. The smallest absolute Gasteiger partial charge is 0.253 e. The molecule has 5 rings (SSSR count). The van der Waals surface area contributed by atoms with Gasteiger partial charge in [0.2, 0.25) is 0 Å². The number of aryl methyl sites for hydroxylation is 1. The van der Waals surface area contributed by atoms with Crippen molar-refractivity contribution in [3.8, 4) is 11.3 Å². The van der Waals surface area contributed by atoms with E-state index in [9.17, 15) is 4.79 Å². The van der Waals surface area contributed by atoms with Crippen LogP contribution in [-0.2, 0) is 0 Å². The number of likely N-dealkylation sites (tertiary alicyclic amines) is 2. The first-order valence-corrected chi connectivity index (χ1v) is 12.5. The molecule has 2 saturated heterocycles. The molecule has 0 aliphatic carbocycles. The van der Waals surface area contributed by atoms with Crippen LogP contribution in [0.25, 0.3) is 11.3 Å². The first kappa shape index (κ1) is 22.5. The summed E-state index contributed by atoms with van der Waals surface area (Å²) in [5.41, 5.74) is 4.69. The molecule has 34 heavy (non-hydrogen) atoms. The Kier molecular flexibility index (Phi) is 6.86. The van der Waals surface area contributed by atoms with Gasteiger partial charge in [-0.2, -0.15) is 0 Å². The van der Waals surface area contributed by atoms with Crippen LogP contribution >= 0.6 is 0 Å². The second kappa shape index (κ2) is 10.3. The van der Waals surface area contributed by atoms with E-state index in [1.165, 1.54) is 37.9 Å². The lowest BCUT2D eigenvalue weighted by Crippen LogP contribution is -2.48. The van der Waals surface area contributed by atoms with E-state index in [0.717, 1.165) is 42.9 Å². The van der Waals surface area contributed by atoms with Crippen LogP contribution in [0.1, 0.15) is 48.0 Å². The van der Waals surface area contributed by atoms with Gasteiger partial charge in [-0.15, -0.1) is 0 Å². The molecule has 1 N–H and O–H groups in total. The number of aromatic nitrogens is 2. The summed E-state index contributed by atoms with van der Waals surface area (Å²) in [7, 11) is 0. The molecule has 6 nitrogen and oxygen atoms in total. The first-order valence-electron chi connectivity index (χ1n) is 12.5. The lowest BCUT2D eigenvalue weighted by Gasteiger charge is -2.40. The van der Waals surface area contributed by atoms with E-state index in [4.69, 9.17) is 0 Å². The molecule has 0 unspecified atom stereocenters. The predicted molar refractivity (Wildman–Crippen MR) is 136 cm³/mol. The van der Waals surface area contributed by atoms with Crippen LogP contribution < -0.4 is 5.32 Å². The van der Waals surface area contributed by atoms with Gasteiger partial charge in [-0.25, -0.2) is 9.97 Å². The molecule has 0 saturated carbocycles. The fourth-order valence-electron chi connectivity index (χ4n) is 5.09. The average molecular weight is 456 g/mol. The van der Waals surface area contributed by atoms with E-state index >= 15 is 0 Å². The van der Waals surface area contributed by atoms with Crippen molar-refractivity contribution in [2.24, 2.45) is 0 Å². The number of carbonyl (C=O) groups excluding carboxylic acids is 1. The number of rotatable bonds is 5. The zero-order valence-corrected chi connectivity index (χ0v) is 19.9. The summed E-state index contributed by atoms with van der Waals surface area (Å²) in [6.07, 6.45) is 7.72. The molecule has 6 heteroatoms. The van der Waals surface area contributed by atoms with E-state index in [2.05, 4.69) is 51.4 Å². The third-order valence-electron chi connectivity index (χ3n) is 7.06. The predicted octanol–water partition coefficient (Wildman–Crippen LogP) is 5.29. The lowest BCUT2D eigenvalue weighted by atomic mass is 9.99. The summed E-state index contributed by atoms with van der Waals surface area (Å²) in [4.78, 5) is 26.7. The second-order valence-corrected chi connectivity index (χ2v) is 9.48. The van der Waals surface area contributed by atoms with Crippen molar-refractivity contribution in [2.75, 3.05) is 31.5 Å². The van der Waals surface area contributed by atoms with Crippen molar-refractivity contribution in [3.05, 3.63) is 72.1 Å². The number of nitrogens with one attached hydrogen (secondary N) is 1. The van der Waals surface area contributed by atoms with E-state index in [0.29, 0.717) is 17.4 Å². The third kappa shape index (κ3) is 5.28. The zero-order chi connectivity index (χ0) is 23.3. The zero-order valence-electron chi connectivity index (χ0n) is 19.9. The molecule has 1 aromatic heterocycles. The number of anilines is 2. The minimum Gasteiger partial charge on any atom is -0.340 e. The largest absolute Gasteiger partial charge is 0.340 e. The van der Waals surface area contributed by atoms with E-state index in [-0.39, 0.29) is 5.91 Å². The highest BCUT2D eigenvalue weighted by atomic mass is 16.2. The number of amides is 1. The summed E-state index contributed by atoms with van der Waals surface area (Å²) in [6.45, 7) is 6.19. The van der Waals surface area contributed by atoms with Crippen LogP contribution in [0.4, 0.5) is 11.5 Å². The Bertz CT molecular complexity index is 1120. The standard InChI is InChI=1S/C28H33N5O/c1-21-8-10-22(11-9-21)26-19-27(30-20-29-26)31-24-7-5-6-23(18-24)28(34)33-16-12-25(13-17-33)32-14-3-2-4-15-32/h5-11,18-20,25H,2-4,12-17H2,1H3,(H,29,30,31). The van der Waals surface area contributed by atoms with Crippen molar-refractivity contribution in [3.63, 3.8) is 0 Å². The minimum absolute atomic E-state index is 0.115. The number of hydrogen-bond donors (Lipinski definition) is 1. The van der Waals surface area contributed by atoms with Crippen LogP contribution in [0.15, 0.2) is 60.9 Å². The molecule has 2 aliphatic rings. The highest BCUT2D eigenvalue weighted by Gasteiger charge is 2.28. The van der Waals surface area contributed by atoms with E-state index < -0.39 is 0 Å². The topological polar surface area (TPSA) is 61.4 Å². The molecular weight excluding hydrogens is 422 g/mol. The summed E-state index contributed by atoms with van der Waals surface area (Å²) >= 11 is 0. The van der Waals surface area contributed by atoms with Gasteiger partial charge in [-0.1, -0.05) is 42.3 Å². The van der Waals surface area contributed by atoms with Crippen molar-refractivity contribution in [2.45, 2.75) is 45.1 Å². The van der Waals surface area contributed by atoms with Gasteiger partial charge in [-0.05, 0) is 63.9 Å². The molecular formula is C28H33N5O. The highest BCUT2D eigenvalue weighted by molar-refractivity contribution is 5.95. The molecule has 0 spiro atoms. The maximum absolute atomic E-state index is 13.2. The Labute approximate surface area is 202 Å². The molecule has 3 heterocycles. The van der Waals surface area contributed by atoms with Gasteiger partial charge in [0.15, 0.2) is 0 Å². The van der Waals surface area contributed by atoms with Crippen LogP contribution in [0.5, 0.6) is 0 Å². The molecule has 2 aliphatic heterocycles. The van der Waals surface area contributed by atoms with Crippen molar-refractivity contribution < 1.29 is 4.79 Å². The van der Waals surface area contributed by atoms with Crippen molar-refractivity contribution in [1.82, 2.24) is 19.8 Å². The normalized spacial score (nSPS) is 17.5. The Morgan fingerprint density at radius 2 is 1.68 bits per heavy atom. The molecule has 1 amide bonds.